The zero-order valence-corrected chi connectivity index (χ0v) is 10.7. The Morgan fingerprint density at radius 1 is 1.53 bits per heavy atom. The molecule has 0 aromatic carbocycles. The highest BCUT2D eigenvalue weighted by atomic mass is 16.4. The Bertz CT molecular complexity index is 500. The summed E-state index contributed by atoms with van der Waals surface area (Å²) < 4.78 is 0. The number of amides is 1. The number of hydrogen-bond acceptors (Lipinski definition) is 4. The number of nitrogens with one attached hydrogen (secondary N) is 1. The molecule has 2 rings (SSSR count). The summed E-state index contributed by atoms with van der Waals surface area (Å²) in [5.74, 6) is -0.768. The number of hydrogen-bond donors (Lipinski definition) is 3. The average molecular weight is 263 g/mol. The fraction of sp³-hybridized carbons (Fsp3) is 0.462. The van der Waals surface area contributed by atoms with E-state index in [0.29, 0.717) is 17.8 Å². The van der Waals surface area contributed by atoms with Crippen molar-refractivity contribution in [2.75, 3.05) is 5.32 Å². The number of nitrogens with two attached hydrogens (primary N) is 1. The summed E-state index contributed by atoms with van der Waals surface area (Å²) in [6, 6.07) is 3.06. The van der Waals surface area contributed by atoms with E-state index in [1.54, 1.807) is 19.1 Å². The Balaban J connectivity index is 2.12. The van der Waals surface area contributed by atoms with Crippen molar-refractivity contribution < 1.29 is 14.7 Å². The predicted molar refractivity (Wildman–Crippen MR) is 69.8 cm³/mol. The van der Waals surface area contributed by atoms with Gasteiger partial charge in [0.25, 0.3) is 0 Å². The molecule has 1 aromatic heterocycles. The Kier molecular flexibility index (Phi) is 3.42. The molecule has 4 N–H and O–H groups in total. The summed E-state index contributed by atoms with van der Waals surface area (Å²) in [5, 5.41) is 12.5. The number of pyridine rings is 1. The van der Waals surface area contributed by atoms with Gasteiger partial charge in [-0.3, -0.25) is 9.59 Å². The van der Waals surface area contributed by atoms with E-state index in [1.165, 1.54) is 6.20 Å². The number of rotatable bonds is 4. The number of carbonyl (C=O) groups is 2. The fourth-order valence-electron chi connectivity index (χ4n) is 2.46. The molecule has 1 aromatic rings. The van der Waals surface area contributed by atoms with Gasteiger partial charge < -0.3 is 16.2 Å². The second kappa shape index (κ2) is 4.87. The van der Waals surface area contributed by atoms with Crippen molar-refractivity contribution in [3.8, 4) is 0 Å². The van der Waals surface area contributed by atoms with E-state index in [-0.39, 0.29) is 6.04 Å². The predicted octanol–water partition coefficient (Wildman–Crippen LogP) is 1.24. The van der Waals surface area contributed by atoms with Crippen molar-refractivity contribution in [3.63, 3.8) is 0 Å². The maximum absolute atomic E-state index is 11.3. The van der Waals surface area contributed by atoms with Crippen molar-refractivity contribution in [2.45, 2.75) is 32.2 Å². The molecule has 0 aliphatic heterocycles. The van der Waals surface area contributed by atoms with Gasteiger partial charge in [0.1, 0.15) is 5.82 Å². The molecule has 1 aliphatic rings. The minimum atomic E-state index is -0.795. The molecule has 1 aliphatic carbocycles. The van der Waals surface area contributed by atoms with Crippen molar-refractivity contribution in [1.82, 2.24) is 4.98 Å². The molecule has 1 amide bonds. The molecule has 0 saturated heterocycles. The zero-order valence-electron chi connectivity index (χ0n) is 10.7. The summed E-state index contributed by atoms with van der Waals surface area (Å²) in [4.78, 5) is 26.4. The fourth-order valence-corrected chi connectivity index (χ4v) is 2.46. The van der Waals surface area contributed by atoms with Gasteiger partial charge >= 0.3 is 5.97 Å². The maximum Gasteiger partial charge on any atom is 0.311 e. The highest BCUT2D eigenvalue weighted by molar-refractivity contribution is 5.92. The number of primary amides is 1. The molecule has 2 unspecified atom stereocenters. The lowest BCUT2D eigenvalue weighted by molar-refractivity contribution is -0.147. The SMILES string of the molecule is CC1(C(=O)O)CCCC1Nc1ccc(C(N)=O)cn1. The van der Waals surface area contributed by atoms with Crippen LogP contribution in [0.25, 0.3) is 0 Å². The molecule has 1 fully saturated rings. The van der Waals surface area contributed by atoms with Gasteiger partial charge in [0, 0.05) is 12.2 Å². The smallest absolute Gasteiger partial charge is 0.311 e. The first-order valence-corrected chi connectivity index (χ1v) is 6.19. The van der Waals surface area contributed by atoms with Gasteiger partial charge in [0.15, 0.2) is 0 Å². The highest BCUT2D eigenvalue weighted by Gasteiger charge is 2.45. The van der Waals surface area contributed by atoms with Crippen LogP contribution in [0.2, 0.25) is 0 Å². The first-order valence-electron chi connectivity index (χ1n) is 6.19. The van der Waals surface area contributed by atoms with E-state index >= 15 is 0 Å². The number of aliphatic carboxylic acids is 1. The molecule has 0 radical (unpaired) electrons. The first-order chi connectivity index (χ1) is 8.93. The molecule has 6 nitrogen and oxygen atoms in total. The lowest BCUT2D eigenvalue weighted by Gasteiger charge is -2.28. The first kappa shape index (κ1) is 13.3. The third-order valence-electron chi connectivity index (χ3n) is 3.82. The average Bonchev–Trinajstić information content (AvgIpc) is 2.73. The van der Waals surface area contributed by atoms with Crippen LogP contribution in [0.3, 0.4) is 0 Å². The molecule has 102 valence electrons. The number of anilines is 1. The highest BCUT2D eigenvalue weighted by Crippen LogP contribution is 2.39. The summed E-state index contributed by atoms with van der Waals surface area (Å²) in [7, 11) is 0. The van der Waals surface area contributed by atoms with Crippen molar-refractivity contribution >= 4 is 17.7 Å². The van der Waals surface area contributed by atoms with Gasteiger partial charge in [-0.2, -0.15) is 0 Å². The molecule has 6 heteroatoms. The molecule has 2 atom stereocenters. The Morgan fingerprint density at radius 3 is 2.79 bits per heavy atom. The molecular formula is C13H17N3O3. The summed E-state index contributed by atoms with van der Waals surface area (Å²) >= 11 is 0. The third kappa shape index (κ3) is 2.52. The normalized spacial score (nSPS) is 26.1. The van der Waals surface area contributed by atoms with Gasteiger partial charge in [-0.25, -0.2) is 4.98 Å². The van der Waals surface area contributed by atoms with E-state index in [0.717, 1.165) is 12.8 Å². The maximum atomic E-state index is 11.3. The van der Waals surface area contributed by atoms with E-state index in [4.69, 9.17) is 5.73 Å². The van der Waals surface area contributed by atoms with Crippen LogP contribution in [0.15, 0.2) is 18.3 Å². The van der Waals surface area contributed by atoms with Crippen LogP contribution >= 0.6 is 0 Å². The summed E-state index contributed by atoms with van der Waals surface area (Å²) in [5.41, 5.74) is 4.69. The van der Waals surface area contributed by atoms with Crippen molar-refractivity contribution in [3.05, 3.63) is 23.9 Å². The largest absolute Gasteiger partial charge is 0.481 e. The second-order valence-electron chi connectivity index (χ2n) is 5.11. The van der Waals surface area contributed by atoms with Gasteiger partial charge in [-0.05, 0) is 31.9 Å². The number of aromatic nitrogens is 1. The van der Waals surface area contributed by atoms with Crippen LogP contribution in [-0.2, 0) is 4.79 Å². The number of carboxylic acids is 1. The number of carbonyl (C=O) groups excluding carboxylic acids is 1. The molecule has 0 spiro atoms. The Hall–Kier alpha value is -2.11. The molecule has 19 heavy (non-hydrogen) atoms. The number of nitrogens with zero attached hydrogens (tertiary/aromatic N) is 1. The van der Waals surface area contributed by atoms with E-state index < -0.39 is 17.3 Å². The minimum Gasteiger partial charge on any atom is -0.481 e. The van der Waals surface area contributed by atoms with E-state index in [1.807, 2.05) is 0 Å². The van der Waals surface area contributed by atoms with Crippen molar-refractivity contribution in [1.29, 1.82) is 0 Å². The van der Waals surface area contributed by atoms with E-state index in [9.17, 15) is 14.7 Å². The minimum absolute atomic E-state index is 0.156. The number of carboxylic acid groups (broad SMARTS) is 1. The van der Waals surface area contributed by atoms with Crippen LogP contribution in [0, 0.1) is 5.41 Å². The van der Waals surface area contributed by atoms with Gasteiger partial charge in [-0.15, -0.1) is 0 Å². The summed E-state index contributed by atoms with van der Waals surface area (Å²) in [6.07, 6.45) is 3.71. The Labute approximate surface area is 111 Å². The van der Waals surface area contributed by atoms with Gasteiger partial charge in [0.05, 0.1) is 11.0 Å². The molecule has 1 heterocycles. The Morgan fingerprint density at radius 2 is 2.26 bits per heavy atom. The van der Waals surface area contributed by atoms with Crippen molar-refractivity contribution in [2.24, 2.45) is 11.1 Å². The van der Waals surface area contributed by atoms with Gasteiger partial charge in [0.2, 0.25) is 5.91 Å². The lowest BCUT2D eigenvalue weighted by Crippen LogP contribution is -2.40. The second-order valence-corrected chi connectivity index (χ2v) is 5.11. The topological polar surface area (TPSA) is 105 Å². The third-order valence-corrected chi connectivity index (χ3v) is 3.82. The molecular weight excluding hydrogens is 246 g/mol. The van der Waals surface area contributed by atoms with Crippen LogP contribution < -0.4 is 11.1 Å². The zero-order chi connectivity index (χ0) is 14.0. The van der Waals surface area contributed by atoms with Crippen LogP contribution in [-0.4, -0.2) is 28.0 Å². The van der Waals surface area contributed by atoms with Crippen LogP contribution in [0.5, 0.6) is 0 Å². The molecule has 0 bridgehead atoms. The monoisotopic (exact) mass is 263 g/mol. The standard InChI is InChI=1S/C13H17N3O3/c1-13(12(18)19)6-2-3-9(13)16-10-5-4-8(7-15-10)11(14)17/h4-5,7,9H,2-3,6H2,1H3,(H2,14,17)(H,15,16)(H,18,19). The van der Waals surface area contributed by atoms with Crippen LogP contribution in [0.4, 0.5) is 5.82 Å². The summed E-state index contributed by atoms with van der Waals surface area (Å²) in [6.45, 7) is 1.75. The van der Waals surface area contributed by atoms with E-state index in [2.05, 4.69) is 10.3 Å². The lowest BCUT2D eigenvalue weighted by atomic mass is 9.85. The van der Waals surface area contributed by atoms with Crippen LogP contribution in [0.1, 0.15) is 36.5 Å². The quantitative estimate of drug-likeness (QED) is 0.757. The van der Waals surface area contributed by atoms with Gasteiger partial charge in [-0.1, -0.05) is 6.42 Å². The molecule has 1 saturated carbocycles.